The number of nitrogens with one attached hydrogen (secondary N) is 2. The first-order valence-electron chi connectivity index (χ1n) is 6.67. The molecular formula is C14H24N4O. The van der Waals surface area contributed by atoms with Gasteiger partial charge in [-0.25, -0.2) is 0 Å². The van der Waals surface area contributed by atoms with E-state index in [2.05, 4.69) is 35.3 Å². The van der Waals surface area contributed by atoms with Crippen molar-refractivity contribution in [1.29, 1.82) is 0 Å². The van der Waals surface area contributed by atoms with Crippen LogP contribution in [0.3, 0.4) is 0 Å². The Kier molecular flexibility index (Phi) is 6.29. The van der Waals surface area contributed by atoms with Crippen LogP contribution in [0.5, 0.6) is 0 Å². The Balaban J connectivity index is 2.21. The third kappa shape index (κ3) is 5.26. The van der Waals surface area contributed by atoms with E-state index in [4.69, 9.17) is 0 Å². The number of amides is 1. The molecule has 0 saturated heterocycles. The summed E-state index contributed by atoms with van der Waals surface area (Å²) in [4.78, 5) is 11.6. The zero-order chi connectivity index (χ0) is 14.3. The molecule has 1 unspecified atom stereocenters. The van der Waals surface area contributed by atoms with Gasteiger partial charge < -0.3 is 10.6 Å². The van der Waals surface area contributed by atoms with Gasteiger partial charge in [-0.05, 0) is 39.8 Å². The van der Waals surface area contributed by atoms with Crippen LogP contribution >= 0.6 is 0 Å². The van der Waals surface area contributed by atoms with E-state index in [0.29, 0.717) is 6.54 Å². The molecule has 106 valence electrons. The summed E-state index contributed by atoms with van der Waals surface area (Å²) in [6.45, 7) is 11.6. The van der Waals surface area contributed by atoms with Crippen LogP contribution in [0.2, 0.25) is 0 Å². The number of hydrogen-bond donors (Lipinski definition) is 2. The van der Waals surface area contributed by atoms with Gasteiger partial charge in [-0.15, -0.1) is 6.58 Å². The molecule has 0 radical (unpaired) electrons. The average molecular weight is 264 g/mol. The zero-order valence-corrected chi connectivity index (χ0v) is 12.1. The van der Waals surface area contributed by atoms with Crippen LogP contribution in [0, 0.1) is 13.8 Å². The van der Waals surface area contributed by atoms with E-state index < -0.39 is 0 Å². The lowest BCUT2D eigenvalue weighted by Gasteiger charge is -2.13. The fraction of sp³-hybridized carbons (Fsp3) is 0.571. The summed E-state index contributed by atoms with van der Waals surface area (Å²) in [7, 11) is 0. The highest BCUT2D eigenvalue weighted by molar-refractivity contribution is 5.81. The number of rotatable bonds is 8. The quantitative estimate of drug-likeness (QED) is 0.547. The second kappa shape index (κ2) is 7.74. The second-order valence-corrected chi connectivity index (χ2v) is 4.71. The van der Waals surface area contributed by atoms with Crippen LogP contribution in [0.1, 0.15) is 24.7 Å². The molecule has 0 aromatic carbocycles. The van der Waals surface area contributed by atoms with Crippen molar-refractivity contribution in [2.75, 3.05) is 13.1 Å². The van der Waals surface area contributed by atoms with E-state index in [1.54, 1.807) is 6.08 Å². The third-order valence-electron chi connectivity index (χ3n) is 2.91. The molecule has 0 fully saturated rings. The van der Waals surface area contributed by atoms with E-state index in [1.807, 2.05) is 18.5 Å². The van der Waals surface area contributed by atoms with E-state index >= 15 is 0 Å². The lowest BCUT2D eigenvalue weighted by molar-refractivity contribution is -0.122. The molecule has 0 aliphatic rings. The minimum absolute atomic E-state index is 0.00557. The summed E-state index contributed by atoms with van der Waals surface area (Å²) in [5.41, 5.74) is 2.22. The van der Waals surface area contributed by atoms with Crippen molar-refractivity contribution >= 4 is 5.91 Å². The molecule has 0 spiro atoms. The van der Waals surface area contributed by atoms with E-state index in [-0.39, 0.29) is 11.9 Å². The predicted molar refractivity (Wildman–Crippen MR) is 77.0 cm³/mol. The normalized spacial score (nSPS) is 12.2. The van der Waals surface area contributed by atoms with Gasteiger partial charge in [0.1, 0.15) is 0 Å². The molecular weight excluding hydrogens is 240 g/mol. The number of aromatic nitrogens is 2. The Labute approximate surface area is 115 Å². The molecule has 2 N–H and O–H groups in total. The first kappa shape index (κ1) is 15.4. The van der Waals surface area contributed by atoms with Crippen LogP contribution in [-0.2, 0) is 11.3 Å². The monoisotopic (exact) mass is 264 g/mol. The van der Waals surface area contributed by atoms with Crippen molar-refractivity contribution < 1.29 is 4.79 Å². The summed E-state index contributed by atoms with van der Waals surface area (Å²) < 4.78 is 2.00. The van der Waals surface area contributed by atoms with Crippen LogP contribution in [-0.4, -0.2) is 34.8 Å². The standard InChI is InChI=1S/C14H24N4O/c1-5-7-16-14(19)13(4)15-8-6-9-18-12(3)10-11(2)17-18/h5,10,13,15H,1,6-9H2,2-4H3,(H,16,19). The maximum absolute atomic E-state index is 11.6. The predicted octanol–water partition coefficient (Wildman–Crippen LogP) is 1.17. The van der Waals surface area contributed by atoms with Crippen molar-refractivity contribution in [2.45, 2.75) is 39.8 Å². The minimum atomic E-state index is -0.180. The van der Waals surface area contributed by atoms with Crippen molar-refractivity contribution in [3.05, 3.63) is 30.1 Å². The number of aryl methyl sites for hydroxylation is 3. The summed E-state index contributed by atoms with van der Waals surface area (Å²) in [6, 6.07) is 1.89. The van der Waals surface area contributed by atoms with Crippen LogP contribution in [0.15, 0.2) is 18.7 Å². The maximum atomic E-state index is 11.6. The van der Waals surface area contributed by atoms with Gasteiger partial charge in [-0.3, -0.25) is 9.48 Å². The largest absolute Gasteiger partial charge is 0.351 e. The Morgan fingerprint density at radius 1 is 1.58 bits per heavy atom. The zero-order valence-electron chi connectivity index (χ0n) is 12.1. The highest BCUT2D eigenvalue weighted by atomic mass is 16.2. The Morgan fingerprint density at radius 2 is 2.32 bits per heavy atom. The van der Waals surface area contributed by atoms with Crippen molar-refractivity contribution in [3.63, 3.8) is 0 Å². The molecule has 1 amide bonds. The van der Waals surface area contributed by atoms with Gasteiger partial charge in [-0.1, -0.05) is 6.08 Å². The Hall–Kier alpha value is -1.62. The van der Waals surface area contributed by atoms with Crippen LogP contribution < -0.4 is 10.6 Å². The molecule has 5 heteroatoms. The van der Waals surface area contributed by atoms with Gasteiger partial charge in [-0.2, -0.15) is 5.10 Å². The number of hydrogen-bond acceptors (Lipinski definition) is 3. The van der Waals surface area contributed by atoms with E-state index in [1.165, 1.54) is 5.69 Å². The molecule has 1 atom stereocenters. The smallest absolute Gasteiger partial charge is 0.237 e. The minimum Gasteiger partial charge on any atom is -0.351 e. The molecule has 0 aliphatic carbocycles. The molecule has 1 aromatic heterocycles. The maximum Gasteiger partial charge on any atom is 0.237 e. The second-order valence-electron chi connectivity index (χ2n) is 4.71. The van der Waals surface area contributed by atoms with Crippen LogP contribution in [0.25, 0.3) is 0 Å². The topological polar surface area (TPSA) is 59.0 Å². The molecule has 1 rings (SSSR count). The number of carbonyl (C=O) groups excluding carboxylic acids is 1. The fourth-order valence-corrected chi connectivity index (χ4v) is 1.87. The molecule has 0 bridgehead atoms. The van der Waals surface area contributed by atoms with Crippen molar-refractivity contribution in [1.82, 2.24) is 20.4 Å². The van der Waals surface area contributed by atoms with Gasteiger partial charge in [0.05, 0.1) is 11.7 Å². The molecule has 1 heterocycles. The molecule has 19 heavy (non-hydrogen) atoms. The van der Waals surface area contributed by atoms with Gasteiger partial charge >= 0.3 is 0 Å². The molecule has 0 saturated carbocycles. The van der Waals surface area contributed by atoms with Gasteiger partial charge in [0.15, 0.2) is 0 Å². The summed E-state index contributed by atoms with van der Waals surface area (Å²) >= 11 is 0. The molecule has 0 aliphatic heterocycles. The highest BCUT2D eigenvalue weighted by Crippen LogP contribution is 2.02. The highest BCUT2D eigenvalue weighted by Gasteiger charge is 2.10. The lowest BCUT2D eigenvalue weighted by atomic mass is 10.3. The SMILES string of the molecule is C=CCNC(=O)C(C)NCCCn1nc(C)cc1C. The number of nitrogens with zero attached hydrogens (tertiary/aromatic N) is 2. The van der Waals surface area contributed by atoms with Crippen molar-refractivity contribution in [3.8, 4) is 0 Å². The van der Waals surface area contributed by atoms with Crippen molar-refractivity contribution in [2.24, 2.45) is 0 Å². The average Bonchev–Trinajstić information content (AvgIpc) is 2.69. The number of carbonyl (C=O) groups is 1. The summed E-state index contributed by atoms with van der Waals surface area (Å²) in [5.74, 6) is 0.00557. The van der Waals surface area contributed by atoms with Crippen LogP contribution in [0.4, 0.5) is 0 Å². The Bertz CT molecular complexity index is 425. The first-order chi connectivity index (χ1) is 9.04. The molecule has 5 nitrogen and oxygen atoms in total. The Morgan fingerprint density at radius 3 is 2.89 bits per heavy atom. The summed E-state index contributed by atoms with van der Waals surface area (Å²) in [6.07, 6.45) is 2.62. The first-order valence-corrected chi connectivity index (χ1v) is 6.67. The van der Waals surface area contributed by atoms with Gasteiger partial charge in [0, 0.05) is 18.8 Å². The third-order valence-corrected chi connectivity index (χ3v) is 2.91. The van der Waals surface area contributed by atoms with E-state index in [9.17, 15) is 4.79 Å². The summed E-state index contributed by atoms with van der Waals surface area (Å²) in [5, 5.41) is 10.4. The molecule has 1 aromatic rings. The lowest BCUT2D eigenvalue weighted by Crippen LogP contribution is -2.42. The van der Waals surface area contributed by atoms with Gasteiger partial charge in [0.2, 0.25) is 5.91 Å². The van der Waals surface area contributed by atoms with E-state index in [0.717, 1.165) is 25.2 Å². The van der Waals surface area contributed by atoms with Gasteiger partial charge in [0.25, 0.3) is 0 Å². The fourth-order valence-electron chi connectivity index (χ4n) is 1.87.